The van der Waals surface area contributed by atoms with E-state index in [0.29, 0.717) is 54.1 Å². The third-order valence-electron chi connectivity index (χ3n) is 6.66. The molecule has 2 aromatic heterocycles. The van der Waals surface area contributed by atoms with E-state index in [1.165, 1.54) is 0 Å². The van der Waals surface area contributed by atoms with Gasteiger partial charge >= 0.3 is 12.4 Å². The normalized spacial score (nSPS) is 19.3. The molecule has 0 unspecified atom stereocenters. The van der Waals surface area contributed by atoms with Gasteiger partial charge in [0.1, 0.15) is 11.4 Å². The molecule has 0 aliphatic carbocycles. The van der Waals surface area contributed by atoms with E-state index in [1.54, 1.807) is 16.9 Å². The van der Waals surface area contributed by atoms with E-state index in [4.69, 9.17) is 4.74 Å². The fourth-order valence-electron chi connectivity index (χ4n) is 4.85. The third-order valence-corrected chi connectivity index (χ3v) is 7.20. The second-order valence-corrected chi connectivity index (χ2v) is 12.4. The summed E-state index contributed by atoms with van der Waals surface area (Å²) in [6.07, 6.45) is -6.49. The number of pyridine rings is 1. The molecule has 0 spiro atoms. The highest BCUT2D eigenvalue weighted by Crippen LogP contribution is 2.36. The first-order chi connectivity index (χ1) is 18.2. The van der Waals surface area contributed by atoms with Crippen molar-refractivity contribution >= 4 is 27.7 Å². The van der Waals surface area contributed by atoms with E-state index in [1.807, 2.05) is 4.90 Å². The Morgan fingerprint density at radius 2 is 1.95 bits per heavy atom. The minimum Gasteiger partial charge on any atom is -0.379 e. The van der Waals surface area contributed by atoms with Crippen molar-refractivity contribution in [3.8, 4) is 0 Å². The molecule has 0 bridgehead atoms. The Morgan fingerprint density at radius 3 is 2.64 bits per heavy atom. The molecule has 4 heterocycles. The molecule has 1 fully saturated rings. The zero-order valence-electron chi connectivity index (χ0n) is 21.2. The van der Waals surface area contributed by atoms with Gasteiger partial charge < -0.3 is 19.9 Å². The number of ether oxygens (including phenoxy) is 1. The van der Waals surface area contributed by atoms with Crippen molar-refractivity contribution in [2.24, 2.45) is 0 Å². The minimum atomic E-state index is -4.86. The summed E-state index contributed by atoms with van der Waals surface area (Å²) in [5.74, 6) is 0.375. The van der Waals surface area contributed by atoms with Crippen LogP contribution in [0.2, 0.25) is 0 Å². The number of carbonyl (C=O) groups is 1. The van der Waals surface area contributed by atoms with Crippen LogP contribution in [0.25, 0.3) is 0 Å². The summed E-state index contributed by atoms with van der Waals surface area (Å²) >= 11 is 0. The van der Waals surface area contributed by atoms with Gasteiger partial charge in [0.05, 0.1) is 37.1 Å². The van der Waals surface area contributed by atoms with Crippen molar-refractivity contribution in [2.45, 2.75) is 49.7 Å². The summed E-state index contributed by atoms with van der Waals surface area (Å²) in [6, 6.07) is 1.09. The van der Waals surface area contributed by atoms with E-state index in [-0.39, 0.29) is 31.6 Å². The van der Waals surface area contributed by atoms with Crippen LogP contribution in [0.15, 0.2) is 23.3 Å². The third kappa shape index (κ3) is 6.72. The van der Waals surface area contributed by atoms with E-state index in [0.717, 1.165) is 18.5 Å². The summed E-state index contributed by atoms with van der Waals surface area (Å²) in [7, 11) is 0.358. The maximum Gasteiger partial charge on any atom is 0.423 e. The minimum absolute atomic E-state index is 0.00929. The molecule has 214 valence electrons. The quantitative estimate of drug-likeness (QED) is 0.293. The molecule has 2 aliphatic rings. The van der Waals surface area contributed by atoms with Crippen LogP contribution in [-0.4, -0.2) is 80.3 Å². The molecule has 16 heteroatoms. The number of nitrogens with one attached hydrogen (secondary N) is 2. The highest BCUT2D eigenvalue weighted by Gasteiger charge is 2.39. The number of amides is 1. The van der Waals surface area contributed by atoms with Gasteiger partial charge in [0.15, 0.2) is 0 Å². The van der Waals surface area contributed by atoms with E-state index < -0.39 is 39.9 Å². The molecule has 39 heavy (non-hydrogen) atoms. The average Bonchev–Trinajstić information content (AvgIpc) is 2.84. The molecule has 0 radical (unpaired) electrons. The van der Waals surface area contributed by atoms with Crippen molar-refractivity contribution in [1.82, 2.24) is 20.1 Å². The zero-order valence-corrected chi connectivity index (χ0v) is 23.2. The van der Waals surface area contributed by atoms with Gasteiger partial charge in [-0.25, -0.2) is 10.1 Å². The first-order valence-corrected chi connectivity index (χ1v) is 13.3. The van der Waals surface area contributed by atoms with Gasteiger partial charge in [0, 0.05) is 47.3 Å². The number of aromatic nitrogens is 3. The summed E-state index contributed by atoms with van der Waals surface area (Å²) in [6.45, 7) is 2.94. The average molecular weight is 579 g/mol. The maximum absolute atomic E-state index is 13.3. The molecular weight excluding hydrogens is 550 g/mol. The van der Waals surface area contributed by atoms with Crippen molar-refractivity contribution in [3.63, 3.8) is 0 Å². The van der Waals surface area contributed by atoms with Crippen molar-refractivity contribution in [3.05, 3.63) is 45.5 Å². The SMILES string of the molecule is C[C@]([SiH3])(COCCC(=O)N1CCN2c3ncc(C(F)(F)F)cc3CC[C@H]2C1)Nc1cn[nH]c(=O)c1C(F)(F)F. The number of H-pyrrole nitrogens is 1. The second kappa shape index (κ2) is 10.8. The Bertz CT molecular complexity index is 1270. The number of alkyl halides is 6. The van der Waals surface area contributed by atoms with E-state index in [9.17, 15) is 35.9 Å². The molecule has 2 N–H and O–H groups in total. The molecule has 9 nitrogen and oxygen atoms in total. The first-order valence-electron chi connectivity index (χ1n) is 12.3. The molecule has 2 aromatic rings. The summed E-state index contributed by atoms with van der Waals surface area (Å²) in [5, 5.41) is 7.05. The number of hydrogen-bond acceptors (Lipinski definition) is 7. The predicted octanol–water partition coefficient (Wildman–Crippen LogP) is 1.77. The Balaban J connectivity index is 1.27. The monoisotopic (exact) mass is 578 g/mol. The molecular formula is C23H28F6N6O3Si. The number of carbonyl (C=O) groups excluding carboxylic acids is 1. The van der Waals surface area contributed by atoms with Crippen LogP contribution in [-0.2, 0) is 28.3 Å². The van der Waals surface area contributed by atoms with Crippen LogP contribution in [0.1, 0.15) is 36.5 Å². The Morgan fingerprint density at radius 1 is 1.21 bits per heavy atom. The fourth-order valence-corrected chi connectivity index (χ4v) is 5.32. The Labute approximate surface area is 222 Å². The van der Waals surface area contributed by atoms with Gasteiger partial charge in [-0.15, -0.1) is 0 Å². The van der Waals surface area contributed by atoms with Crippen LogP contribution in [0, 0.1) is 0 Å². The highest BCUT2D eigenvalue weighted by atomic mass is 28.1. The lowest BCUT2D eigenvalue weighted by atomic mass is 9.95. The second-order valence-electron chi connectivity index (χ2n) is 10.2. The van der Waals surface area contributed by atoms with Crippen molar-refractivity contribution in [2.75, 3.05) is 43.1 Å². The molecule has 4 rings (SSSR count). The number of rotatable bonds is 7. The molecule has 0 aromatic carbocycles. The van der Waals surface area contributed by atoms with Gasteiger partial charge in [-0.05, 0) is 31.4 Å². The van der Waals surface area contributed by atoms with Crippen LogP contribution in [0.4, 0.5) is 37.8 Å². The Kier molecular flexibility index (Phi) is 7.98. The first kappa shape index (κ1) is 28.9. The lowest BCUT2D eigenvalue weighted by molar-refractivity contribution is -0.138. The number of hydrogen-bond donors (Lipinski definition) is 2. The van der Waals surface area contributed by atoms with E-state index >= 15 is 0 Å². The topological polar surface area (TPSA) is 103 Å². The van der Waals surface area contributed by atoms with Gasteiger partial charge in [0.2, 0.25) is 5.91 Å². The molecule has 1 amide bonds. The zero-order chi connectivity index (χ0) is 28.6. The van der Waals surface area contributed by atoms with Crippen LogP contribution < -0.4 is 15.8 Å². The van der Waals surface area contributed by atoms with Crippen molar-refractivity contribution < 1.29 is 35.9 Å². The smallest absolute Gasteiger partial charge is 0.379 e. The van der Waals surface area contributed by atoms with Gasteiger partial charge in [-0.2, -0.15) is 31.4 Å². The lowest BCUT2D eigenvalue weighted by Gasteiger charge is -2.45. The number of aryl methyl sites for hydroxylation is 1. The summed E-state index contributed by atoms with van der Waals surface area (Å²) in [4.78, 5) is 32.2. The number of fused-ring (bicyclic) bond motifs is 3. The molecule has 2 atom stereocenters. The lowest BCUT2D eigenvalue weighted by Crippen LogP contribution is -2.56. The van der Waals surface area contributed by atoms with Crippen LogP contribution in [0.5, 0.6) is 0 Å². The number of halogens is 6. The largest absolute Gasteiger partial charge is 0.423 e. The molecule has 0 saturated carbocycles. The van der Waals surface area contributed by atoms with E-state index in [2.05, 4.69) is 15.4 Å². The fraction of sp³-hybridized carbons (Fsp3) is 0.565. The summed E-state index contributed by atoms with van der Waals surface area (Å²) in [5.41, 5.74) is -3.38. The summed E-state index contributed by atoms with van der Waals surface area (Å²) < 4.78 is 84.6. The van der Waals surface area contributed by atoms with Crippen LogP contribution in [0.3, 0.4) is 0 Å². The number of anilines is 2. The number of aromatic amines is 1. The maximum atomic E-state index is 13.3. The number of piperazine rings is 1. The Hall–Kier alpha value is -3.14. The predicted molar refractivity (Wildman–Crippen MR) is 133 cm³/mol. The number of nitrogens with zero attached hydrogens (tertiary/aromatic N) is 4. The standard InChI is InChI=1S/C23H28F6N6O3Si/c1-21(39,32-16-10-31-33-20(37)18(16)23(27,28)29)12-38-7-4-17(36)34-5-6-35-15(11-34)3-2-13-8-14(22(24,25)26)9-30-19(13)35/h8-10,15H,2-7,11-12H2,1,39H3,(H2,32,33,37)/t15-,21-/m0/s1. The van der Waals surface area contributed by atoms with Crippen LogP contribution >= 0.6 is 0 Å². The van der Waals surface area contributed by atoms with Gasteiger partial charge in [-0.3, -0.25) is 9.59 Å². The van der Waals surface area contributed by atoms with Gasteiger partial charge in [-0.1, -0.05) is 0 Å². The van der Waals surface area contributed by atoms with Gasteiger partial charge in [0.25, 0.3) is 5.56 Å². The highest BCUT2D eigenvalue weighted by molar-refractivity contribution is 6.16. The van der Waals surface area contributed by atoms with Crippen molar-refractivity contribution in [1.29, 1.82) is 0 Å². The molecule has 1 saturated heterocycles. The molecule has 2 aliphatic heterocycles.